The number of hydrogen-bond donors (Lipinski definition) is 1. The second-order valence-electron chi connectivity index (χ2n) is 3.93. The predicted molar refractivity (Wildman–Crippen MR) is 67.1 cm³/mol. The summed E-state index contributed by atoms with van der Waals surface area (Å²) in [7, 11) is 1.58. The molecule has 3 nitrogen and oxygen atoms in total. The van der Waals surface area contributed by atoms with Crippen LogP contribution in [0.3, 0.4) is 0 Å². The van der Waals surface area contributed by atoms with Crippen LogP contribution in [0.2, 0.25) is 0 Å². The summed E-state index contributed by atoms with van der Waals surface area (Å²) in [6, 6.07) is 11.8. The normalized spacial score (nSPS) is 12.6. The number of benzene rings is 2. The van der Waals surface area contributed by atoms with Crippen molar-refractivity contribution in [1.82, 2.24) is 0 Å². The SMILES string of the molecule is COCOc1c(C(C)O)ccc2ccccc12. The fourth-order valence-corrected chi connectivity index (χ4v) is 1.87. The number of ether oxygens (including phenoxy) is 2. The first kappa shape index (κ1) is 11.9. The highest BCUT2D eigenvalue weighted by molar-refractivity contribution is 5.89. The van der Waals surface area contributed by atoms with Crippen LogP contribution in [-0.4, -0.2) is 19.0 Å². The zero-order chi connectivity index (χ0) is 12.3. The molecule has 2 rings (SSSR count). The average molecular weight is 232 g/mol. The summed E-state index contributed by atoms with van der Waals surface area (Å²) in [5.41, 5.74) is 0.778. The minimum atomic E-state index is -0.563. The van der Waals surface area contributed by atoms with Crippen molar-refractivity contribution in [3.63, 3.8) is 0 Å². The molecule has 90 valence electrons. The molecule has 0 aromatic heterocycles. The van der Waals surface area contributed by atoms with E-state index in [1.54, 1.807) is 14.0 Å². The van der Waals surface area contributed by atoms with Gasteiger partial charge in [-0.25, -0.2) is 0 Å². The molecule has 2 aromatic rings. The molecule has 0 aliphatic carbocycles. The molecule has 0 bridgehead atoms. The molecule has 0 radical (unpaired) electrons. The Hall–Kier alpha value is -1.58. The highest BCUT2D eigenvalue weighted by Crippen LogP contribution is 2.33. The molecular weight excluding hydrogens is 216 g/mol. The van der Waals surface area contributed by atoms with E-state index in [2.05, 4.69) is 0 Å². The average Bonchev–Trinajstić information content (AvgIpc) is 2.35. The molecule has 0 saturated heterocycles. The molecular formula is C14H16O3. The molecule has 17 heavy (non-hydrogen) atoms. The van der Waals surface area contributed by atoms with E-state index in [0.29, 0.717) is 5.75 Å². The summed E-state index contributed by atoms with van der Waals surface area (Å²) in [5, 5.41) is 11.8. The Bertz CT molecular complexity index is 506. The van der Waals surface area contributed by atoms with Crippen molar-refractivity contribution < 1.29 is 14.6 Å². The van der Waals surface area contributed by atoms with E-state index in [9.17, 15) is 5.11 Å². The Morgan fingerprint density at radius 3 is 2.65 bits per heavy atom. The second-order valence-corrected chi connectivity index (χ2v) is 3.93. The fraction of sp³-hybridized carbons (Fsp3) is 0.286. The van der Waals surface area contributed by atoms with Gasteiger partial charge in [0.1, 0.15) is 5.75 Å². The number of aliphatic hydroxyl groups is 1. The first-order valence-corrected chi connectivity index (χ1v) is 5.55. The molecule has 3 heteroatoms. The number of methoxy groups -OCH3 is 1. The first-order chi connectivity index (χ1) is 8.24. The van der Waals surface area contributed by atoms with E-state index < -0.39 is 6.10 Å². The van der Waals surface area contributed by atoms with Crippen LogP contribution >= 0.6 is 0 Å². The van der Waals surface area contributed by atoms with Gasteiger partial charge in [-0.2, -0.15) is 0 Å². The molecule has 0 fully saturated rings. The smallest absolute Gasteiger partial charge is 0.188 e. The molecule has 0 aliphatic heterocycles. The molecule has 0 amide bonds. The van der Waals surface area contributed by atoms with Gasteiger partial charge in [0.05, 0.1) is 6.10 Å². The maximum atomic E-state index is 9.74. The van der Waals surface area contributed by atoms with Crippen LogP contribution in [0, 0.1) is 0 Å². The van der Waals surface area contributed by atoms with Gasteiger partial charge in [0.25, 0.3) is 0 Å². The van der Waals surface area contributed by atoms with Crippen molar-refractivity contribution in [3.05, 3.63) is 42.0 Å². The predicted octanol–water partition coefficient (Wildman–Crippen LogP) is 2.88. The third kappa shape index (κ3) is 2.40. The lowest BCUT2D eigenvalue weighted by atomic mass is 10.0. The minimum absolute atomic E-state index is 0.174. The van der Waals surface area contributed by atoms with Gasteiger partial charge in [-0.05, 0) is 12.3 Å². The monoisotopic (exact) mass is 232 g/mol. The molecule has 0 heterocycles. The highest BCUT2D eigenvalue weighted by atomic mass is 16.7. The summed E-state index contributed by atoms with van der Waals surface area (Å²) in [6.07, 6.45) is -0.563. The Kier molecular flexibility index (Phi) is 3.61. The van der Waals surface area contributed by atoms with Crippen molar-refractivity contribution in [2.75, 3.05) is 13.9 Å². The first-order valence-electron chi connectivity index (χ1n) is 5.55. The van der Waals surface area contributed by atoms with Gasteiger partial charge in [0.2, 0.25) is 0 Å². The lowest BCUT2D eigenvalue weighted by molar-refractivity contribution is 0.0496. The maximum Gasteiger partial charge on any atom is 0.188 e. The van der Waals surface area contributed by atoms with Crippen LogP contribution in [-0.2, 0) is 4.74 Å². The van der Waals surface area contributed by atoms with Crippen molar-refractivity contribution in [1.29, 1.82) is 0 Å². The number of rotatable bonds is 4. The zero-order valence-corrected chi connectivity index (χ0v) is 10.0. The molecule has 1 N–H and O–H groups in total. The van der Waals surface area contributed by atoms with Crippen LogP contribution in [0.25, 0.3) is 10.8 Å². The largest absolute Gasteiger partial charge is 0.467 e. The van der Waals surface area contributed by atoms with Gasteiger partial charge in [-0.3, -0.25) is 0 Å². The van der Waals surface area contributed by atoms with Gasteiger partial charge in [0, 0.05) is 18.1 Å². The summed E-state index contributed by atoms with van der Waals surface area (Å²) in [4.78, 5) is 0. The molecule has 2 aromatic carbocycles. The zero-order valence-electron chi connectivity index (χ0n) is 10.0. The Morgan fingerprint density at radius 1 is 1.18 bits per heavy atom. The van der Waals surface area contributed by atoms with E-state index in [1.807, 2.05) is 36.4 Å². The maximum absolute atomic E-state index is 9.74. The van der Waals surface area contributed by atoms with E-state index >= 15 is 0 Å². The Labute approximate surface area is 101 Å². The number of aliphatic hydroxyl groups excluding tert-OH is 1. The third-order valence-corrected chi connectivity index (χ3v) is 2.68. The lowest BCUT2D eigenvalue weighted by Gasteiger charge is -2.15. The van der Waals surface area contributed by atoms with Crippen LogP contribution < -0.4 is 4.74 Å². The van der Waals surface area contributed by atoms with Gasteiger partial charge in [-0.15, -0.1) is 0 Å². The molecule has 0 aliphatic rings. The standard InChI is InChI=1S/C14H16O3/c1-10(15)12-8-7-11-5-3-4-6-13(11)14(12)17-9-16-2/h3-8,10,15H,9H2,1-2H3. The Morgan fingerprint density at radius 2 is 1.94 bits per heavy atom. The van der Waals surface area contributed by atoms with E-state index in [0.717, 1.165) is 16.3 Å². The lowest BCUT2D eigenvalue weighted by Crippen LogP contribution is -2.04. The molecule has 1 atom stereocenters. The van der Waals surface area contributed by atoms with Gasteiger partial charge in [-0.1, -0.05) is 36.4 Å². The Balaban J connectivity index is 2.57. The van der Waals surface area contributed by atoms with Gasteiger partial charge >= 0.3 is 0 Å². The molecule has 0 spiro atoms. The number of hydrogen-bond acceptors (Lipinski definition) is 3. The van der Waals surface area contributed by atoms with E-state index in [4.69, 9.17) is 9.47 Å². The fourth-order valence-electron chi connectivity index (χ4n) is 1.87. The summed E-state index contributed by atoms with van der Waals surface area (Å²) in [6.45, 7) is 1.90. The van der Waals surface area contributed by atoms with Crippen LogP contribution in [0.5, 0.6) is 5.75 Å². The van der Waals surface area contributed by atoms with E-state index in [1.165, 1.54) is 0 Å². The van der Waals surface area contributed by atoms with Gasteiger partial charge in [0.15, 0.2) is 6.79 Å². The second kappa shape index (κ2) is 5.17. The third-order valence-electron chi connectivity index (χ3n) is 2.68. The van der Waals surface area contributed by atoms with Crippen LogP contribution in [0.1, 0.15) is 18.6 Å². The molecule has 1 unspecified atom stereocenters. The van der Waals surface area contributed by atoms with Crippen LogP contribution in [0.4, 0.5) is 0 Å². The van der Waals surface area contributed by atoms with Crippen molar-refractivity contribution in [2.45, 2.75) is 13.0 Å². The van der Waals surface area contributed by atoms with Crippen molar-refractivity contribution >= 4 is 10.8 Å². The summed E-state index contributed by atoms with van der Waals surface area (Å²) < 4.78 is 10.5. The molecule has 0 saturated carbocycles. The minimum Gasteiger partial charge on any atom is -0.467 e. The van der Waals surface area contributed by atoms with E-state index in [-0.39, 0.29) is 6.79 Å². The van der Waals surface area contributed by atoms with Crippen LogP contribution in [0.15, 0.2) is 36.4 Å². The number of fused-ring (bicyclic) bond motifs is 1. The summed E-state index contributed by atoms with van der Waals surface area (Å²) >= 11 is 0. The quantitative estimate of drug-likeness (QED) is 0.824. The topological polar surface area (TPSA) is 38.7 Å². The highest BCUT2D eigenvalue weighted by Gasteiger charge is 2.12. The van der Waals surface area contributed by atoms with Gasteiger partial charge < -0.3 is 14.6 Å². The summed E-state index contributed by atoms with van der Waals surface area (Å²) in [5.74, 6) is 0.694. The van der Waals surface area contributed by atoms with Crippen molar-refractivity contribution in [2.24, 2.45) is 0 Å². The van der Waals surface area contributed by atoms with Crippen molar-refractivity contribution in [3.8, 4) is 5.75 Å².